The molecule has 0 spiro atoms. The van der Waals surface area contributed by atoms with Crippen molar-refractivity contribution in [3.8, 4) is 5.75 Å². The number of amides is 1. The summed E-state index contributed by atoms with van der Waals surface area (Å²) >= 11 is 0. The van der Waals surface area contributed by atoms with Gasteiger partial charge in [0.05, 0.1) is 29.3 Å². The molecule has 44 heavy (non-hydrogen) atoms. The molecule has 12 heteroatoms. The molecule has 1 saturated heterocycles. The lowest BCUT2D eigenvalue weighted by Crippen LogP contribution is -2.70. The highest BCUT2D eigenvalue weighted by Crippen LogP contribution is 2.57. The van der Waals surface area contributed by atoms with Crippen molar-refractivity contribution in [2.24, 2.45) is 17.6 Å². The maximum Gasteiger partial charge on any atom is 0.255 e. The van der Waals surface area contributed by atoms with Crippen molar-refractivity contribution in [1.82, 2.24) is 9.80 Å². The summed E-state index contributed by atoms with van der Waals surface area (Å²) in [5, 5.41) is 58.4. The van der Waals surface area contributed by atoms with Gasteiger partial charge in [-0.15, -0.1) is 0 Å². The van der Waals surface area contributed by atoms with Gasteiger partial charge >= 0.3 is 0 Å². The lowest BCUT2D eigenvalue weighted by molar-refractivity contribution is -0.169. The number of benzene rings is 1. The van der Waals surface area contributed by atoms with Crippen molar-refractivity contribution < 1.29 is 39.9 Å². The molecule has 2 fully saturated rings. The van der Waals surface area contributed by atoms with Gasteiger partial charge in [-0.2, -0.15) is 0 Å². The zero-order valence-corrected chi connectivity index (χ0v) is 25.9. The number of nitrogens with two attached hydrogens (primary N) is 1. The van der Waals surface area contributed by atoms with Crippen molar-refractivity contribution >= 4 is 28.9 Å². The van der Waals surface area contributed by atoms with Crippen LogP contribution in [0.1, 0.15) is 56.6 Å². The molecule has 1 heterocycles. The number of primary amides is 1. The number of piperidine rings is 1. The van der Waals surface area contributed by atoms with Crippen LogP contribution < -0.4 is 10.6 Å². The molecule has 0 aromatic heterocycles. The van der Waals surface area contributed by atoms with Gasteiger partial charge in [-0.05, 0) is 71.0 Å². The number of aromatic hydroxyl groups is 1. The first-order valence-electron chi connectivity index (χ1n) is 15.3. The van der Waals surface area contributed by atoms with Crippen LogP contribution in [0, 0.1) is 11.8 Å². The fraction of sp³-hybridized carbons (Fsp3) is 0.594. The molecule has 5 rings (SSSR count). The Morgan fingerprint density at radius 1 is 1.14 bits per heavy atom. The Hall–Kier alpha value is -3.45. The van der Waals surface area contributed by atoms with Crippen molar-refractivity contribution in [3.05, 3.63) is 40.2 Å². The first-order chi connectivity index (χ1) is 20.7. The number of likely N-dealkylation sites (N-methyl/N-ethyl adjacent to an activating group) is 1. The zero-order chi connectivity index (χ0) is 32.4. The molecule has 4 aliphatic rings. The number of phenols is 1. The van der Waals surface area contributed by atoms with E-state index in [-0.39, 0.29) is 22.9 Å². The third-order valence-electron chi connectivity index (χ3n) is 10.3. The van der Waals surface area contributed by atoms with Gasteiger partial charge in [-0.25, -0.2) is 0 Å². The van der Waals surface area contributed by atoms with Crippen LogP contribution in [0.4, 0.5) is 5.69 Å². The Balaban J connectivity index is 1.69. The van der Waals surface area contributed by atoms with Crippen molar-refractivity contribution in [3.63, 3.8) is 0 Å². The molecule has 7 N–H and O–H groups in total. The Morgan fingerprint density at radius 3 is 2.34 bits per heavy atom. The number of carbonyl (C=O) groups is 3. The lowest BCUT2D eigenvalue weighted by Gasteiger charge is -2.53. The number of aliphatic hydroxyl groups excluding tert-OH is 3. The summed E-state index contributed by atoms with van der Waals surface area (Å²) in [5.41, 5.74) is 2.18. The normalized spacial score (nSPS) is 31.2. The van der Waals surface area contributed by atoms with Crippen molar-refractivity contribution in [2.75, 3.05) is 45.7 Å². The topological polar surface area (TPSA) is 188 Å². The first kappa shape index (κ1) is 32.0. The highest BCUT2D eigenvalue weighted by molar-refractivity contribution is 6.24. The van der Waals surface area contributed by atoms with Crippen LogP contribution in [0.5, 0.6) is 5.75 Å². The van der Waals surface area contributed by atoms with Gasteiger partial charge < -0.3 is 41.1 Å². The molecule has 1 aromatic carbocycles. The second-order valence-corrected chi connectivity index (χ2v) is 13.0. The fourth-order valence-corrected chi connectivity index (χ4v) is 7.97. The van der Waals surface area contributed by atoms with Crippen LogP contribution in [-0.4, -0.2) is 117 Å². The van der Waals surface area contributed by atoms with Crippen molar-refractivity contribution in [2.45, 2.75) is 69.2 Å². The monoisotopic (exact) mass is 612 g/mol. The van der Waals surface area contributed by atoms with Gasteiger partial charge in [0.15, 0.2) is 11.4 Å². The van der Waals surface area contributed by atoms with Crippen LogP contribution in [0.15, 0.2) is 29.0 Å². The summed E-state index contributed by atoms with van der Waals surface area (Å²) < 4.78 is 0. The van der Waals surface area contributed by atoms with Crippen LogP contribution in [0.25, 0.3) is 5.76 Å². The van der Waals surface area contributed by atoms with E-state index in [2.05, 4.69) is 23.8 Å². The number of carbonyl (C=O) groups excluding carboxylic acids is 3. The molecule has 1 saturated carbocycles. The van der Waals surface area contributed by atoms with E-state index in [0.29, 0.717) is 17.8 Å². The van der Waals surface area contributed by atoms with Crippen LogP contribution in [-0.2, 0) is 14.4 Å². The number of hydrogen-bond acceptors (Lipinski definition) is 11. The third kappa shape index (κ3) is 4.53. The minimum Gasteiger partial charge on any atom is -0.508 e. The Bertz CT molecular complexity index is 1450. The Labute approximate surface area is 257 Å². The van der Waals surface area contributed by atoms with Crippen LogP contribution in [0.3, 0.4) is 0 Å². The van der Waals surface area contributed by atoms with E-state index >= 15 is 0 Å². The lowest BCUT2D eigenvalue weighted by atomic mass is 9.54. The SMILES string of the molecule is CCCCN(c1ccc2c(c1O)C(O)=C1C(=O)[C@@]3(O)C(O)=C(C(N)=O)C(=O)[C@H](N(C)C)[C@H]3[C@H](O)[C@H]1[C@@H]2C)C1CCN(C)CC1. The van der Waals surface area contributed by atoms with E-state index < -0.39 is 70.1 Å². The van der Waals surface area contributed by atoms with Crippen LogP contribution >= 0.6 is 0 Å². The number of aliphatic hydroxyl groups is 4. The molecule has 0 unspecified atom stereocenters. The number of hydrogen-bond donors (Lipinski definition) is 6. The Morgan fingerprint density at radius 2 is 1.77 bits per heavy atom. The van der Waals surface area contributed by atoms with Crippen molar-refractivity contribution in [1.29, 1.82) is 0 Å². The molecule has 1 aliphatic heterocycles. The highest BCUT2D eigenvalue weighted by atomic mass is 16.4. The number of likely N-dealkylation sites (tertiary alicyclic amines) is 1. The minimum atomic E-state index is -2.93. The number of nitrogens with zero attached hydrogens (tertiary/aromatic N) is 3. The number of rotatable bonds is 7. The molecule has 240 valence electrons. The predicted molar refractivity (Wildman–Crippen MR) is 163 cm³/mol. The molecule has 1 amide bonds. The summed E-state index contributed by atoms with van der Waals surface area (Å²) in [4.78, 5) is 45.6. The summed E-state index contributed by atoms with van der Waals surface area (Å²) in [6, 6.07) is 2.37. The Kier molecular flexibility index (Phi) is 8.34. The fourth-order valence-electron chi connectivity index (χ4n) is 7.97. The molecule has 0 radical (unpaired) electrons. The van der Waals surface area contributed by atoms with Crippen LogP contribution in [0.2, 0.25) is 0 Å². The number of phenolic OH excluding ortho intramolecular Hbond substituents is 1. The molecule has 1 aromatic rings. The molecular weight excluding hydrogens is 568 g/mol. The number of anilines is 1. The second kappa shape index (κ2) is 11.5. The summed E-state index contributed by atoms with van der Waals surface area (Å²) in [6.07, 6.45) is 1.98. The molecule has 3 aliphatic carbocycles. The molecular formula is C32H44N4O8. The van der Waals surface area contributed by atoms with Gasteiger partial charge in [-0.3, -0.25) is 19.3 Å². The van der Waals surface area contributed by atoms with E-state index in [9.17, 15) is 39.9 Å². The maximum atomic E-state index is 14.3. The average Bonchev–Trinajstić information content (AvgIpc) is 2.96. The third-order valence-corrected chi connectivity index (χ3v) is 10.3. The second-order valence-electron chi connectivity index (χ2n) is 13.0. The number of unbranched alkanes of at least 4 members (excludes halogenated alkanes) is 1. The standard InChI is InChI=1S/C32H44N4O8/c1-6-7-12-36(16-10-13-35(5)14-11-16)18-9-8-17-15(2)19-21(26(38)20(17)25(18)37)29(41)32(44)23(27(19)39)24(34(3)4)28(40)22(30(32)42)31(33)43/h8-9,15-16,19,23-24,27,37-39,42,44H,6-7,10-14H2,1-5H3,(H2,33,43)/t15-,19+,23+,24-,27-,32-/m1/s1. The van der Waals surface area contributed by atoms with Gasteiger partial charge in [0, 0.05) is 24.1 Å². The molecule has 0 bridgehead atoms. The predicted octanol–water partition coefficient (Wildman–Crippen LogP) is 1.20. The highest BCUT2D eigenvalue weighted by Gasteiger charge is 2.68. The smallest absolute Gasteiger partial charge is 0.255 e. The summed E-state index contributed by atoms with van der Waals surface area (Å²) in [6.45, 7) is 6.31. The average molecular weight is 613 g/mol. The van der Waals surface area contributed by atoms with E-state index in [1.54, 1.807) is 13.0 Å². The maximum absolute atomic E-state index is 14.3. The first-order valence-corrected chi connectivity index (χ1v) is 15.3. The van der Waals surface area contributed by atoms with E-state index in [1.807, 2.05) is 6.07 Å². The van der Waals surface area contributed by atoms with E-state index in [1.165, 1.54) is 19.0 Å². The van der Waals surface area contributed by atoms with Gasteiger partial charge in [0.1, 0.15) is 22.8 Å². The largest absolute Gasteiger partial charge is 0.508 e. The van der Waals surface area contributed by atoms with E-state index in [4.69, 9.17) is 5.73 Å². The van der Waals surface area contributed by atoms with Gasteiger partial charge in [0.2, 0.25) is 5.78 Å². The van der Waals surface area contributed by atoms with E-state index in [0.717, 1.165) is 38.8 Å². The number of ketones is 2. The molecule has 6 atom stereocenters. The number of fused-ring (bicyclic) bond motifs is 3. The number of Topliss-reactive ketones (excluding diaryl/α,β-unsaturated/α-hetero) is 2. The summed E-state index contributed by atoms with van der Waals surface area (Å²) in [7, 11) is 5.04. The van der Waals surface area contributed by atoms with Gasteiger partial charge in [-0.1, -0.05) is 26.3 Å². The van der Waals surface area contributed by atoms with Gasteiger partial charge in [0.25, 0.3) is 5.91 Å². The minimum absolute atomic E-state index is 0.0212. The summed E-state index contributed by atoms with van der Waals surface area (Å²) in [5.74, 6) is -8.81. The quantitative estimate of drug-likeness (QED) is 0.243. The molecule has 12 nitrogen and oxygen atoms in total. The zero-order valence-electron chi connectivity index (χ0n) is 25.9.